The van der Waals surface area contributed by atoms with Crippen LogP contribution in [0, 0.1) is 6.92 Å². The monoisotopic (exact) mass is 352 g/mol. The maximum atomic E-state index is 12.9. The molecule has 138 valence electrons. The van der Waals surface area contributed by atoms with Crippen molar-refractivity contribution < 1.29 is 4.79 Å². The standard InChI is InChI=1S/C21H28N4O/c1-15-14-18(24-20(22-15)25-12-8-5-9-13-25)19(26)23-17-11-7-6-10-16(17)21(2,3)4/h6-7,10-11,14H,5,8-9,12-13H2,1-4H3,(H,23,26). The van der Waals surface area contributed by atoms with Crippen LogP contribution in [0.25, 0.3) is 0 Å². The first-order valence-electron chi connectivity index (χ1n) is 9.36. The molecule has 26 heavy (non-hydrogen) atoms. The average molecular weight is 352 g/mol. The zero-order valence-corrected chi connectivity index (χ0v) is 16.2. The molecule has 0 radical (unpaired) electrons. The molecule has 2 aromatic rings. The van der Waals surface area contributed by atoms with E-state index in [4.69, 9.17) is 0 Å². The number of amides is 1. The highest BCUT2D eigenvalue weighted by atomic mass is 16.1. The molecule has 0 aliphatic carbocycles. The first-order chi connectivity index (χ1) is 12.3. The van der Waals surface area contributed by atoms with Crippen molar-refractivity contribution in [3.8, 4) is 0 Å². The second-order valence-corrected chi connectivity index (χ2v) is 7.99. The van der Waals surface area contributed by atoms with Gasteiger partial charge in [-0.15, -0.1) is 0 Å². The highest BCUT2D eigenvalue weighted by Gasteiger charge is 2.21. The second-order valence-electron chi connectivity index (χ2n) is 7.99. The molecule has 0 atom stereocenters. The van der Waals surface area contributed by atoms with E-state index in [1.807, 2.05) is 25.1 Å². The molecular weight excluding hydrogens is 324 g/mol. The van der Waals surface area contributed by atoms with E-state index in [-0.39, 0.29) is 11.3 Å². The molecule has 0 unspecified atom stereocenters. The van der Waals surface area contributed by atoms with E-state index in [0.717, 1.165) is 42.9 Å². The van der Waals surface area contributed by atoms with E-state index < -0.39 is 0 Å². The van der Waals surface area contributed by atoms with Crippen LogP contribution in [0.5, 0.6) is 0 Å². The topological polar surface area (TPSA) is 58.1 Å². The highest BCUT2D eigenvalue weighted by Crippen LogP contribution is 2.29. The summed E-state index contributed by atoms with van der Waals surface area (Å²) in [5.74, 6) is 0.476. The van der Waals surface area contributed by atoms with Crippen LogP contribution in [0.1, 0.15) is 61.8 Å². The van der Waals surface area contributed by atoms with Crippen LogP contribution in [0.4, 0.5) is 11.6 Å². The highest BCUT2D eigenvalue weighted by molar-refractivity contribution is 6.03. The minimum atomic E-state index is -0.189. The van der Waals surface area contributed by atoms with Gasteiger partial charge in [-0.05, 0) is 49.3 Å². The van der Waals surface area contributed by atoms with Gasteiger partial charge in [0.15, 0.2) is 0 Å². The molecule has 5 nitrogen and oxygen atoms in total. The molecule has 1 aromatic carbocycles. The lowest BCUT2D eigenvalue weighted by atomic mass is 9.86. The van der Waals surface area contributed by atoms with Gasteiger partial charge in [0, 0.05) is 24.5 Å². The van der Waals surface area contributed by atoms with Crippen molar-refractivity contribution in [1.29, 1.82) is 0 Å². The van der Waals surface area contributed by atoms with E-state index in [9.17, 15) is 4.79 Å². The second kappa shape index (κ2) is 7.44. The molecule has 1 aliphatic rings. The van der Waals surface area contributed by atoms with Gasteiger partial charge in [0.05, 0.1) is 0 Å². The Labute approximate surface area is 155 Å². The Morgan fingerprint density at radius 1 is 1.08 bits per heavy atom. The molecule has 1 fully saturated rings. The third-order valence-corrected chi connectivity index (χ3v) is 4.70. The van der Waals surface area contributed by atoms with Crippen molar-refractivity contribution in [2.45, 2.75) is 52.4 Å². The van der Waals surface area contributed by atoms with Crippen molar-refractivity contribution in [2.24, 2.45) is 0 Å². The number of nitrogens with zero attached hydrogens (tertiary/aromatic N) is 3. The third-order valence-electron chi connectivity index (χ3n) is 4.70. The number of nitrogens with one attached hydrogen (secondary N) is 1. The first kappa shape index (κ1) is 18.4. The molecule has 3 rings (SSSR count). The van der Waals surface area contributed by atoms with E-state index in [0.29, 0.717) is 11.6 Å². The van der Waals surface area contributed by atoms with Gasteiger partial charge in [-0.3, -0.25) is 4.79 Å². The van der Waals surface area contributed by atoms with Gasteiger partial charge in [0.25, 0.3) is 5.91 Å². The number of aryl methyl sites for hydroxylation is 1. The minimum Gasteiger partial charge on any atom is -0.341 e. The summed E-state index contributed by atoms with van der Waals surface area (Å²) in [5.41, 5.74) is 3.12. The predicted octanol–water partition coefficient (Wildman–Crippen LogP) is 4.33. The number of para-hydroxylation sites is 1. The normalized spacial score (nSPS) is 15.0. The Hall–Kier alpha value is -2.43. The van der Waals surface area contributed by atoms with Crippen LogP contribution in [0.15, 0.2) is 30.3 Å². The Balaban J connectivity index is 1.86. The molecule has 1 N–H and O–H groups in total. The zero-order chi connectivity index (χ0) is 18.7. The quantitative estimate of drug-likeness (QED) is 0.893. The van der Waals surface area contributed by atoms with Crippen molar-refractivity contribution in [1.82, 2.24) is 9.97 Å². The predicted molar refractivity (Wildman–Crippen MR) is 106 cm³/mol. The first-order valence-corrected chi connectivity index (χ1v) is 9.36. The van der Waals surface area contributed by atoms with Crippen molar-refractivity contribution in [3.63, 3.8) is 0 Å². The molecular formula is C21H28N4O. The maximum Gasteiger partial charge on any atom is 0.274 e. The summed E-state index contributed by atoms with van der Waals surface area (Å²) in [5, 5.41) is 3.04. The van der Waals surface area contributed by atoms with Crippen molar-refractivity contribution >= 4 is 17.5 Å². The van der Waals surface area contributed by atoms with Gasteiger partial charge in [-0.1, -0.05) is 39.0 Å². The molecule has 1 saturated heterocycles. The number of anilines is 2. The van der Waals surface area contributed by atoms with Gasteiger partial charge >= 0.3 is 0 Å². The van der Waals surface area contributed by atoms with Crippen molar-refractivity contribution in [2.75, 3.05) is 23.3 Å². The van der Waals surface area contributed by atoms with Crippen LogP contribution in [-0.4, -0.2) is 29.0 Å². The zero-order valence-electron chi connectivity index (χ0n) is 16.2. The van der Waals surface area contributed by atoms with Gasteiger partial charge < -0.3 is 10.2 Å². The van der Waals surface area contributed by atoms with Gasteiger partial charge in [-0.25, -0.2) is 9.97 Å². The molecule has 2 heterocycles. The number of rotatable bonds is 3. The molecule has 1 aliphatic heterocycles. The summed E-state index contributed by atoms with van der Waals surface area (Å²) in [6.07, 6.45) is 3.55. The Kier molecular flexibility index (Phi) is 5.25. The fourth-order valence-electron chi connectivity index (χ4n) is 3.34. The molecule has 0 spiro atoms. The Bertz CT molecular complexity index is 789. The van der Waals surface area contributed by atoms with Crippen LogP contribution in [0.2, 0.25) is 0 Å². The van der Waals surface area contributed by atoms with Gasteiger partial charge in [-0.2, -0.15) is 0 Å². The minimum absolute atomic E-state index is 0.0512. The van der Waals surface area contributed by atoms with Gasteiger partial charge in [0.1, 0.15) is 5.69 Å². The van der Waals surface area contributed by atoms with Crippen LogP contribution >= 0.6 is 0 Å². The molecule has 1 amide bonds. The number of piperidine rings is 1. The van der Waals surface area contributed by atoms with Crippen molar-refractivity contribution in [3.05, 3.63) is 47.3 Å². The van der Waals surface area contributed by atoms with E-state index >= 15 is 0 Å². The number of hydrogen-bond donors (Lipinski definition) is 1. The molecule has 0 saturated carbocycles. The number of carbonyl (C=O) groups is 1. The summed E-state index contributed by atoms with van der Waals surface area (Å²) >= 11 is 0. The SMILES string of the molecule is Cc1cc(C(=O)Nc2ccccc2C(C)(C)C)nc(N2CCCCC2)n1. The summed E-state index contributed by atoms with van der Waals surface area (Å²) in [6.45, 7) is 10.2. The lowest BCUT2D eigenvalue weighted by Gasteiger charge is -2.27. The van der Waals surface area contributed by atoms with Gasteiger partial charge in [0.2, 0.25) is 5.95 Å². The molecule has 1 aromatic heterocycles. The van der Waals surface area contributed by atoms with E-state index in [2.05, 4.69) is 47.0 Å². The lowest BCUT2D eigenvalue weighted by molar-refractivity contribution is 0.102. The van der Waals surface area contributed by atoms with Crippen LogP contribution < -0.4 is 10.2 Å². The van der Waals surface area contributed by atoms with Crippen LogP contribution in [-0.2, 0) is 5.41 Å². The lowest BCUT2D eigenvalue weighted by Crippen LogP contribution is -2.32. The molecule has 0 bridgehead atoms. The average Bonchev–Trinajstić information content (AvgIpc) is 2.61. The number of hydrogen-bond acceptors (Lipinski definition) is 4. The molecule has 5 heteroatoms. The summed E-state index contributed by atoms with van der Waals surface area (Å²) in [4.78, 5) is 24.1. The largest absolute Gasteiger partial charge is 0.341 e. The Morgan fingerprint density at radius 2 is 1.77 bits per heavy atom. The maximum absolute atomic E-state index is 12.9. The smallest absolute Gasteiger partial charge is 0.274 e. The number of aromatic nitrogens is 2. The number of carbonyl (C=O) groups excluding carboxylic acids is 1. The number of benzene rings is 1. The summed E-state index contributed by atoms with van der Waals surface area (Å²) < 4.78 is 0. The van der Waals surface area contributed by atoms with Crippen LogP contribution in [0.3, 0.4) is 0 Å². The summed E-state index contributed by atoms with van der Waals surface area (Å²) in [6, 6.07) is 9.69. The fraction of sp³-hybridized carbons (Fsp3) is 0.476. The third kappa shape index (κ3) is 4.21. The van der Waals surface area contributed by atoms with E-state index in [1.165, 1.54) is 6.42 Å². The summed E-state index contributed by atoms with van der Waals surface area (Å²) in [7, 11) is 0. The fourth-order valence-corrected chi connectivity index (χ4v) is 3.34. The van der Waals surface area contributed by atoms with E-state index in [1.54, 1.807) is 6.07 Å². The Morgan fingerprint density at radius 3 is 2.46 bits per heavy atom.